The maximum atomic E-state index is 12.2. The predicted molar refractivity (Wildman–Crippen MR) is 114 cm³/mol. The van der Waals surface area contributed by atoms with Crippen LogP contribution in [0.5, 0.6) is 0 Å². The molecule has 0 amide bonds. The molecule has 2 aromatic heterocycles. The highest BCUT2D eigenvalue weighted by Crippen LogP contribution is 2.36. The Balaban J connectivity index is 2.11. The molecule has 0 unspecified atom stereocenters. The van der Waals surface area contributed by atoms with Crippen molar-refractivity contribution in [2.45, 2.75) is 9.79 Å². The Hall–Kier alpha value is -3.58. The molecule has 2 heterocycles. The normalized spacial score (nSPS) is 11.9. The molecular formula is C20H14N4O6S2. The van der Waals surface area contributed by atoms with Crippen molar-refractivity contribution in [1.29, 1.82) is 0 Å². The second-order valence-corrected chi connectivity index (χ2v) is 9.24. The topological polar surface area (TPSA) is 160 Å². The minimum Gasteiger partial charge on any atom is -0.282 e. The lowest BCUT2D eigenvalue weighted by Crippen LogP contribution is -2.11. The number of aromatic nitrogens is 4. The van der Waals surface area contributed by atoms with Crippen molar-refractivity contribution in [3.05, 3.63) is 72.9 Å². The molecule has 2 N–H and O–H groups in total. The van der Waals surface area contributed by atoms with Crippen LogP contribution in [0.3, 0.4) is 0 Å². The van der Waals surface area contributed by atoms with E-state index in [2.05, 4.69) is 20.2 Å². The molecule has 2 aromatic carbocycles. The van der Waals surface area contributed by atoms with Gasteiger partial charge in [-0.3, -0.25) is 14.1 Å². The van der Waals surface area contributed by atoms with Gasteiger partial charge in [-0.1, -0.05) is 48.5 Å². The van der Waals surface area contributed by atoms with E-state index in [1.165, 1.54) is 18.3 Å². The van der Waals surface area contributed by atoms with Gasteiger partial charge in [0.25, 0.3) is 20.2 Å². The van der Waals surface area contributed by atoms with Crippen molar-refractivity contribution in [1.82, 2.24) is 20.2 Å². The van der Waals surface area contributed by atoms with E-state index < -0.39 is 30.0 Å². The number of rotatable bonds is 5. The van der Waals surface area contributed by atoms with Crippen LogP contribution in [0.4, 0.5) is 0 Å². The summed E-state index contributed by atoms with van der Waals surface area (Å²) in [5.74, 6) is 0.0406. The van der Waals surface area contributed by atoms with Gasteiger partial charge in [0.05, 0.1) is 0 Å². The number of pyridine rings is 1. The fourth-order valence-corrected chi connectivity index (χ4v) is 5.07. The summed E-state index contributed by atoms with van der Waals surface area (Å²) in [6.07, 6.45) is 1.51. The molecule has 0 aliphatic heterocycles. The van der Waals surface area contributed by atoms with Gasteiger partial charge in [-0.05, 0) is 18.2 Å². The summed E-state index contributed by atoms with van der Waals surface area (Å²) in [6.45, 7) is 0. The van der Waals surface area contributed by atoms with E-state index in [0.29, 0.717) is 11.3 Å². The van der Waals surface area contributed by atoms with Gasteiger partial charge in [0.2, 0.25) is 5.82 Å². The summed E-state index contributed by atoms with van der Waals surface area (Å²) in [5.41, 5.74) is 0.607. The third-order valence-corrected chi connectivity index (χ3v) is 6.38. The summed E-state index contributed by atoms with van der Waals surface area (Å²) in [7, 11) is -10.1. The molecule has 0 saturated heterocycles. The highest BCUT2D eigenvalue weighted by Gasteiger charge is 2.30. The molecule has 162 valence electrons. The molecule has 10 nitrogen and oxygen atoms in total. The summed E-state index contributed by atoms with van der Waals surface area (Å²) in [4.78, 5) is 6.53. The molecule has 0 aliphatic carbocycles. The van der Waals surface area contributed by atoms with E-state index in [0.717, 1.165) is 6.07 Å². The minimum atomic E-state index is -5.11. The van der Waals surface area contributed by atoms with Crippen LogP contribution in [0.1, 0.15) is 0 Å². The summed E-state index contributed by atoms with van der Waals surface area (Å²) >= 11 is 0. The number of nitrogens with zero attached hydrogens (tertiary/aromatic N) is 4. The van der Waals surface area contributed by atoms with Gasteiger partial charge >= 0.3 is 0 Å². The zero-order chi connectivity index (χ0) is 22.9. The Morgan fingerprint density at radius 2 is 1.41 bits per heavy atom. The molecule has 12 heteroatoms. The molecule has 4 aromatic rings. The molecule has 0 saturated carbocycles. The molecule has 32 heavy (non-hydrogen) atoms. The van der Waals surface area contributed by atoms with Crippen molar-refractivity contribution >= 4 is 20.2 Å². The Kier molecular flexibility index (Phi) is 5.52. The smallest absolute Gasteiger partial charge is 0.282 e. The molecule has 0 radical (unpaired) electrons. The van der Waals surface area contributed by atoms with Crippen LogP contribution >= 0.6 is 0 Å². The lowest BCUT2D eigenvalue weighted by atomic mass is 10.0. The summed E-state index contributed by atoms with van der Waals surface area (Å²) in [6, 6.07) is 16.8. The first-order chi connectivity index (χ1) is 15.2. The first kappa shape index (κ1) is 21.6. The fraction of sp³-hybridized carbons (Fsp3) is 0. The average molecular weight is 470 g/mol. The van der Waals surface area contributed by atoms with Gasteiger partial charge in [-0.15, -0.1) is 10.2 Å². The Bertz CT molecular complexity index is 1510. The predicted octanol–water partition coefficient (Wildman–Crippen LogP) is 2.76. The minimum absolute atomic E-state index is 0.0406. The van der Waals surface area contributed by atoms with Crippen molar-refractivity contribution in [3.8, 4) is 34.0 Å². The van der Waals surface area contributed by atoms with E-state index in [1.54, 1.807) is 48.5 Å². The lowest BCUT2D eigenvalue weighted by Gasteiger charge is -2.14. The van der Waals surface area contributed by atoms with E-state index in [9.17, 15) is 25.9 Å². The van der Waals surface area contributed by atoms with Gasteiger partial charge in [0, 0.05) is 17.3 Å². The van der Waals surface area contributed by atoms with Crippen molar-refractivity contribution < 1.29 is 25.9 Å². The SMILES string of the molecule is O=S(=O)(O)c1cccc(-c2nc(-c3ccccn3)nnc2-c2ccccc2)c1S(=O)(=O)O. The molecule has 0 bridgehead atoms. The van der Waals surface area contributed by atoms with Gasteiger partial charge in [0.15, 0.2) is 0 Å². The van der Waals surface area contributed by atoms with Gasteiger partial charge in [0.1, 0.15) is 26.9 Å². The lowest BCUT2D eigenvalue weighted by molar-refractivity contribution is 0.467. The fourth-order valence-electron chi connectivity index (χ4n) is 3.08. The Morgan fingerprint density at radius 3 is 2.03 bits per heavy atom. The molecular weight excluding hydrogens is 456 g/mol. The standard InChI is InChI=1S/C20H14N4O6S2/c25-31(26,27)16-11-6-9-14(19(16)32(28,29)30)18-17(13-7-2-1-3-8-13)23-24-20(22-18)15-10-4-5-12-21-15/h1-12H,(H,25,26,27)(H,28,29,30). The van der Waals surface area contributed by atoms with E-state index in [1.807, 2.05) is 0 Å². The Morgan fingerprint density at radius 1 is 0.688 bits per heavy atom. The average Bonchev–Trinajstić information content (AvgIpc) is 2.78. The van der Waals surface area contributed by atoms with Crippen LogP contribution in [0, 0.1) is 0 Å². The zero-order valence-electron chi connectivity index (χ0n) is 16.1. The molecule has 0 atom stereocenters. The molecule has 0 fully saturated rings. The molecule has 4 rings (SSSR count). The molecule has 0 aliphatic rings. The third kappa shape index (κ3) is 4.24. The first-order valence-electron chi connectivity index (χ1n) is 8.96. The third-order valence-electron chi connectivity index (χ3n) is 4.40. The number of hydrogen-bond donors (Lipinski definition) is 2. The number of benzene rings is 2. The van der Waals surface area contributed by atoms with Crippen LogP contribution in [0.2, 0.25) is 0 Å². The van der Waals surface area contributed by atoms with Crippen LogP contribution in [-0.2, 0) is 20.2 Å². The van der Waals surface area contributed by atoms with E-state index in [-0.39, 0.29) is 22.8 Å². The maximum absolute atomic E-state index is 12.2. The monoisotopic (exact) mass is 470 g/mol. The van der Waals surface area contributed by atoms with E-state index >= 15 is 0 Å². The quantitative estimate of drug-likeness (QED) is 0.415. The highest BCUT2D eigenvalue weighted by atomic mass is 32.2. The van der Waals surface area contributed by atoms with Crippen molar-refractivity contribution in [3.63, 3.8) is 0 Å². The maximum Gasteiger partial charge on any atom is 0.296 e. The highest BCUT2D eigenvalue weighted by molar-refractivity contribution is 7.89. The van der Waals surface area contributed by atoms with Gasteiger partial charge in [-0.25, -0.2) is 4.98 Å². The Labute approximate surface area is 183 Å². The molecule has 0 spiro atoms. The van der Waals surface area contributed by atoms with Gasteiger partial charge < -0.3 is 0 Å². The summed E-state index contributed by atoms with van der Waals surface area (Å²) < 4.78 is 67.5. The summed E-state index contributed by atoms with van der Waals surface area (Å²) in [5, 5.41) is 8.25. The zero-order valence-corrected chi connectivity index (χ0v) is 17.7. The number of hydrogen-bond acceptors (Lipinski definition) is 8. The van der Waals surface area contributed by atoms with Crippen LogP contribution in [0.15, 0.2) is 82.7 Å². The van der Waals surface area contributed by atoms with Crippen molar-refractivity contribution in [2.24, 2.45) is 0 Å². The first-order valence-corrected chi connectivity index (χ1v) is 11.8. The van der Waals surface area contributed by atoms with Gasteiger partial charge in [-0.2, -0.15) is 16.8 Å². The van der Waals surface area contributed by atoms with Crippen LogP contribution in [-0.4, -0.2) is 46.1 Å². The largest absolute Gasteiger partial charge is 0.296 e. The van der Waals surface area contributed by atoms with Crippen LogP contribution in [0.25, 0.3) is 34.0 Å². The van der Waals surface area contributed by atoms with Crippen LogP contribution < -0.4 is 0 Å². The second-order valence-electron chi connectivity index (χ2n) is 6.50. The van der Waals surface area contributed by atoms with E-state index in [4.69, 9.17) is 0 Å². The van der Waals surface area contributed by atoms with Crippen molar-refractivity contribution in [2.75, 3.05) is 0 Å². The second kappa shape index (κ2) is 8.16.